The average molecular weight is 425 g/mol. The molecule has 0 radical (unpaired) electrons. The molecule has 0 spiro atoms. The maximum Gasteiger partial charge on any atom is 0.172 e. The third-order valence-corrected chi connectivity index (χ3v) is 7.58. The number of benzene rings is 1. The highest BCUT2D eigenvalue weighted by Gasteiger charge is 2.30. The summed E-state index contributed by atoms with van der Waals surface area (Å²) in [6.07, 6.45) is 8.20. The number of ketones is 1. The summed E-state index contributed by atoms with van der Waals surface area (Å²) in [6, 6.07) is 7.66. The van der Waals surface area contributed by atoms with Crippen LogP contribution in [0.5, 0.6) is 0 Å². The number of carbonyl (C=O) groups is 1. The van der Waals surface area contributed by atoms with Crippen molar-refractivity contribution in [2.45, 2.75) is 50.8 Å². The average Bonchev–Trinajstić information content (AvgIpc) is 2.81. The van der Waals surface area contributed by atoms with E-state index in [4.69, 9.17) is 0 Å². The van der Waals surface area contributed by atoms with E-state index in [0.29, 0.717) is 17.0 Å². The van der Waals surface area contributed by atoms with E-state index in [0.717, 1.165) is 28.4 Å². The summed E-state index contributed by atoms with van der Waals surface area (Å²) in [5.41, 5.74) is 7.77. The van der Waals surface area contributed by atoms with Crippen molar-refractivity contribution in [2.75, 3.05) is 12.3 Å². The lowest BCUT2D eigenvalue weighted by Crippen LogP contribution is -2.48. The van der Waals surface area contributed by atoms with Crippen LogP contribution in [0.1, 0.15) is 55.8 Å². The third kappa shape index (κ3) is 5.56. The SMILES string of the molecule is CC1CC2CCCCCC2CNNC1SCC(=O)c1ccc(Br)cc1. The van der Waals surface area contributed by atoms with Crippen LogP contribution >= 0.6 is 27.7 Å². The summed E-state index contributed by atoms with van der Waals surface area (Å²) in [4.78, 5) is 12.4. The molecule has 0 bridgehead atoms. The minimum atomic E-state index is 0.209. The summed E-state index contributed by atoms with van der Waals surface area (Å²) in [5, 5.41) is 0.295. The standard InChI is InChI=1S/C20H29BrN2OS/c1-14-11-16-5-3-2-4-6-17(16)12-22-23-20(14)25-13-19(24)15-7-9-18(21)10-8-15/h7-10,14,16-17,20,22-23H,2-6,11-13H2,1H3. The minimum Gasteiger partial charge on any atom is -0.293 e. The fourth-order valence-corrected chi connectivity index (χ4v) is 5.53. The largest absolute Gasteiger partial charge is 0.293 e. The van der Waals surface area contributed by atoms with Gasteiger partial charge in [0.05, 0.1) is 11.1 Å². The first-order valence-corrected chi connectivity index (χ1v) is 11.4. The number of fused-ring (bicyclic) bond motifs is 1. The van der Waals surface area contributed by atoms with Crippen molar-refractivity contribution in [2.24, 2.45) is 17.8 Å². The van der Waals surface area contributed by atoms with E-state index in [9.17, 15) is 4.79 Å². The molecule has 0 amide bonds. The van der Waals surface area contributed by atoms with Crippen LogP contribution in [0, 0.1) is 17.8 Å². The van der Waals surface area contributed by atoms with Gasteiger partial charge in [-0.05, 0) is 42.7 Å². The molecule has 138 valence electrons. The van der Waals surface area contributed by atoms with Crippen molar-refractivity contribution in [1.82, 2.24) is 10.9 Å². The summed E-state index contributed by atoms with van der Waals surface area (Å²) in [5.74, 6) is 2.96. The second-order valence-electron chi connectivity index (χ2n) is 7.56. The van der Waals surface area contributed by atoms with Crippen LogP contribution in [0.25, 0.3) is 0 Å². The fraction of sp³-hybridized carbons (Fsp3) is 0.650. The van der Waals surface area contributed by atoms with Gasteiger partial charge in [-0.25, -0.2) is 5.43 Å². The molecular weight excluding hydrogens is 396 g/mol. The van der Waals surface area contributed by atoms with Crippen LogP contribution in [0.2, 0.25) is 0 Å². The maximum absolute atomic E-state index is 12.4. The molecule has 1 saturated carbocycles. The molecule has 1 aliphatic heterocycles. The highest BCUT2D eigenvalue weighted by Crippen LogP contribution is 2.36. The molecule has 0 aromatic heterocycles. The van der Waals surface area contributed by atoms with Crippen LogP contribution in [-0.4, -0.2) is 23.5 Å². The van der Waals surface area contributed by atoms with Gasteiger partial charge in [0.15, 0.2) is 5.78 Å². The smallest absolute Gasteiger partial charge is 0.172 e. The summed E-state index contributed by atoms with van der Waals surface area (Å²) >= 11 is 5.16. The van der Waals surface area contributed by atoms with Crippen LogP contribution in [0.15, 0.2) is 28.7 Å². The molecule has 3 nitrogen and oxygen atoms in total. The Kier molecular flexibility index (Phi) is 7.40. The molecule has 1 aromatic rings. The normalized spacial score (nSPS) is 30.6. The molecule has 4 unspecified atom stereocenters. The van der Waals surface area contributed by atoms with Gasteiger partial charge in [-0.3, -0.25) is 10.2 Å². The number of thioether (sulfide) groups is 1. The molecule has 2 fully saturated rings. The van der Waals surface area contributed by atoms with Gasteiger partial charge in [-0.2, -0.15) is 0 Å². The van der Waals surface area contributed by atoms with Gasteiger partial charge in [0.2, 0.25) is 0 Å². The van der Waals surface area contributed by atoms with E-state index >= 15 is 0 Å². The Morgan fingerprint density at radius 1 is 1.16 bits per heavy atom. The van der Waals surface area contributed by atoms with Crippen molar-refractivity contribution in [1.29, 1.82) is 0 Å². The Bertz CT molecular complexity index is 565. The highest BCUT2D eigenvalue weighted by molar-refractivity contribution is 9.10. The van der Waals surface area contributed by atoms with Gasteiger partial charge in [-0.1, -0.05) is 60.7 Å². The first kappa shape index (κ1) is 19.4. The Labute approximate surface area is 164 Å². The van der Waals surface area contributed by atoms with Gasteiger partial charge in [0.25, 0.3) is 0 Å². The molecule has 2 N–H and O–H groups in total. The van der Waals surface area contributed by atoms with E-state index in [-0.39, 0.29) is 5.78 Å². The molecule has 25 heavy (non-hydrogen) atoms. The van der Waals surface area contributed by atoms with E-state index < -0.39 is 0 Å². The maximum atomic E-state index is 12.4. The lowest BCUT2D eigenvalue weighted by Gasteiger charge is -2.35. The number of hydrogen-bond donors (Lipinski definition) is 2. The van der Waals surface area contributed by atoms with Crippen molar-refractivity contribution >= 4 is 33.5 Å². The van der Waals surface area contributed by atoms with Crippen molar-refractivity contribution in [3.05, 3.63) is 34.3 Å². The van der Waals surface area contributed by atoms with E-state index in [1.807, 2.05) is 24.3 Å². The Hall–Kier alpha value is -0.360. The van der Waals surface area contributed by atoms with Crippen LogP contribution in [-0.2, 0) is 0 Å². The third-order valence-electron chi connectivity index (χ3n) is 5.68. The van der Waals surface area contributed by atoms with Crippen LogP contribution < -0.4 is 10.9 Å². The first-order chi connectivity index (χ1) is 12.1. The first-order valence-electron chi connectivity index (χ1n) is 9.52. The number of hydrogen-bond acceptors (Lipinski definition) is 4. The van der Waals surface area contributed by atoms with Gasteiger partial charge >= 0.3 is 0 Å². The Morgan fingerprint density at radius 2 is 1.88 bits per heavy atom. The zero-order chi connectivity index (χ0) is 17.6. The second kappa shape index (κ2) is 9.54. The molecule has 1 aliphatic carbocycles. The second-order valence-corrected chi connectivity index (χ2v) is 9.60. The molecule has 1 saturated heterocycles. The van der Waals surface area contributed by atoms with Gasteiger partial charge in [0, 0.05) is 16.6 Å². The number of halogens is 1. The zero-order valence-corrected chi connectivity index (χ0v) is 17.4. The number of rotatable bonds is 4. The molecule has 5 heteroatoms. The lowest BCUT2D eigenvalue weighted by atomic mass is 9.81. The molecule has 1 aromatic carbocycles. The number of carbonyl (C=O) groups excluding carboxylic acids is 1. The summed E-state index contributed by atoms with van der Waals surface area (Å²) < 4.78 is 1.01. The van der Waals surface area contributed by atoms with Crippen molar-refractivity contribution in [3.63, 3.8) is 0 Å². The predicted octanol–water partition coefficient (Wildman–Crippen LogP) is 5.02. The molecule has 2 aliphatic rings. The highest BCUT2D eigenvalue weighted by atomic mass is 79.9. The quantitative estimate of drug-likeness (QED) is 0.665. The minimum absolute atomic E-state index is 0.209. The van der Waals surface area contributed by atoms with Crippen LogP contribution in [0.3, 0.4) is 0 Å². The lowest BCUT2D eigenvalue weighted by molar-refractivity contribution is 0.102. The monoisotopic (exact) mass is 424 g/mol. The molecule has 4 atom stereocenters. The zero-order valence-electron chi connectivity index (χ0n) is 15.0. The topological polar surface area (TPSA) is 41.1 Å². The Morgan fingerprint density at radius 3 is 2.64 bits per heavy atom. The van der Waals surface area contributed by atoms with Gasteiger partial charge in [-0.15, -0.1) is 11.8 Å². The molecule has 1 heterocycles. The number of nitrogens with one attached hydrogen (secondary N) is 2. The van der Waals surface area contributed by atoms with Gasteiger partial charge < -0.3 is 0 Å². The number of hydrazine groups is 1. The Balaban J connectivity index is 1.55. The van der Waals surface area contributed by atoms with Crippen molar-refractivity contribution < 1.29 is 4.79 Å². The van der Waals surface area contributed by atoms with Gasteiger partial charge in [0.1, 0.15) is 0 Å². The van der Waals surface area contributed by atoms with Crippen LogP contribution in [0.4, 0.5) is 0 Å². The predicted molar refractivity (Wildman–Crippen MR) is 110 cm³/mol. The fourth-order valence-electron chi connectivity index (χ4n) is 4.16. The number of Topliss-reactive ketones (excluding diaryl/α,β-unsaturated/α-hetero) is 1. The van der Waals surface area contributed by atoms with E-state index in [1.165, 1.54) is 38.5 Å². The summed E-state index contributed by atoms with van der Waals surface area (Å²) in [7, 11) is 0. The molecular formula is C20H29BrN2OS. The van der Waals surface area contributed by atoms with E-state index in [2.05, 4.69) is 33.7 Å². The molecule has 3 rings (SSSR count). The van der Waals surface area contributed by atoms with Crippen molar-refractivity contribution in [3.8, 4) is 0 Å². The summed E-state index contributed by atoms with van der Waals surface area (Å²) in [6.45, 7) is 3.40. The van der Waals surface area contributed by atoms with E-state index in [1.54, 1.807) is 11.8 Å².